The maximum Gasteiger partial charge on any atom is 0.225 e. The Kier molecular flexibility index (Phi) is 6.87. The van der Waals surface area contributed by atoms with Crippen molar-refractivity contribution in [2.24, 2.45) is 0 Å². The Bertz CT molecular complexity index is 1100. The van der Waals surface area contributed by atoms with Crippen LogP contribution in [-0.4, -0.2) is 55.0 Å². The van der Waals surface area contributed by atoms with Crippen LogP contribution in [0.3, 0.4) is 0 Å². The van der Waals surface area contributed by atoms with Gasteiger partial charge in [0.1, 0.15) is 5.82 Å². The first kappa shape index (κ1) is 22.7. The fourth-order valence-corrected chi connectivity index (χ4v) is 4.33. The fraction of sp³-hybridized carbons (Fsp3) is 0.346. The molecule has 1 atom stereocenters. The molecule has 1 fully saturated rings. The average molecular weight is 448 g/mol. The van der Waals surface area contributed by atoms with Crippen LogP contribution in [0.15, 0.2) is 60.8 Å². The van der Waals surface area contributed by atoms with Gasteiger partial charge in [-0.15, -0.1) is 0 Å². The van der Waals surface area contributed by atoms with Gasteiger partial charge in [-0.3, -0.25) is 4.79 Å². The summed E-state index contributed by atoms with van der Waals surface area (Å²) in [6.45, 7) is 1.14. The highest BCUT2D eigenvalue weighted by Gasteiger charge is 2.33. The molecular formula is C26H30FN5O. The molecule has 0 aliphatic carbocycles. The Morgan fingerprint density at radius 3 is 2.55 bits per heavy atom. The van der Waals surface area contributed by atoms with Gasteiger partial charge in [-0.25, -0.2) is 14.4 Å². The number of amides is 1. The normalized spacial score (nSPS) is 15.5. The van der Waals surface area contributed by atoms with Crippen molar-refractivity contribution in [1.29, 1.82) is 0 Å². The second-order valence-electron chi connectivity index (χ2n) is 8.60. The molecule has 1 aromatic heterocycles. The van der Waals surface area contributed by atoms with Gasteiger partial charge in [0.2, 0.25) is 11.9 Å². The quantitative estimate of drug-likeness (QED) is 0.532. The van der Waals surface area contributed by atoms with Crippen molar-refractivity contribution >= 4 is 17.5 Å². The van der Waals surface area contributed by atoms with Crippen LogP contribution in [0.5, 0.6) is 0 Å². The number of anilines is 2. The number of halogens is 1. The molecule has 1 saturated heterocycles. The van der Waals surface area contributed by atoms with E-state index in [2.05, 4.69) is 4.98 Å². The molecule has 0 bridgehead atoms. The summed E-state index contributed by atoms with van der Waals surface area (Å²) < 4.78 is 14.1. The lowest BCUT2D eigenvalue weighted by atomic mass is 10.00. The van der Waals surface area contributed by atoms with Gasteiger partial charge in [0.25, 0.3) is 0 Å². The number of para-hydroxylation sites is 1. The van der Waals surface area contributed by atoms with Crippen molar-refractivity contribution in [2.75, 3.05) is 44.0 Å². The number of nitrogens with zero attached hydrogens (tertiary/aromatic N) is 5. The monoisotopic (exact) mass is 447 g/mol. The van der Waals surface area contributed by atoms with Gasteiger partial charge in [0.05, 0.1) is 17.4 Å². The molecular weight excluding hydrogens is 417 g/mol. The molecule has 3 aromatic rings. The molecule has 1 aliphatic heterocycles. The summed E-state index contributed by atoms with van der Waals surface area (Å²) in [5.74, 6) is 0.407. The van der Waals surface area contributed by atoms with Gasteiger partial charge < -0.3 is 14.7 Å². The average Bonchev–Trinajstić information content (AvgIpc) is 3.33. The summed E-state index contributed by atoms with van der Waals surface area (Å²) in [5.41, 5.74) is 3.38. The zero-order chi connectivity index (χ0) is 23.4. The van der Waals surface area contributed by atoms with Crippen LogP contribution in [0.4, 0.5) is 16.0 Å². The number of hydrogen-bond acceptors (Lipinski definition) is 5. The maximum absolute atomic E-state index is 14.1. The summed E-state index contributed by atoms with van der Waals surface area (Å²) in [6.07, 6.45) is 3.96. The van der Waals surface area contributed by atoms with Crippen LogP contribution in [0.25, 0.3) is 11.1 Å². The topological polar surface area (TPSA) is 52.6 Å². The number of rotatable bonds is 7. The molecule has 0 spiro atoms. The molecule has 7 heteroatoms. The molecule has 1 aliphatic rings. The number of carbonyl (C=O) groups excluding carboxylic acids is 1. The minimum atomic E-state index is -0.281. The highest BCUT2D eigenvalue weighted by Crippen LogP contribution is 2.37. The molecule has 0 saturated carbocycles. The smallest absolute Gasteiger partial charge is 0.225 e. The third-order valence-electron chi connectivity index (χ3n) is 6.10. The first-order valence-electron chi connectivity index (χ1n) is 11.3. The standard InChI is InChI=1S/C26H30FN5O/c1-30(2)26-28-18-20(19-10-5-4-6-11-19)25(29-26)23-14-9-16-32(23)24(33)15-17-31(3)22-13-8-7-12-21(22)27/h4-8,10-13,18,23H,9,14-17H2,1-3H3. The molecule has 0 N–H and O–H groups in total. The van der Waals surface area contributed by atoms with Crippen molar-refractivity contribution < 1.29 is 9.18 Å². The third kappa shape index (κ3) is 4.97. The number of hydrogen-bond donors (Lipinski definition) is 0. The predicted octanol–water partition coefficient (Wildman–Crippen LogP) is 4.54. The zero-order valence-electron chi connectivity index (χ0n) is 19.4. The minimum Gasteiger partial charge on any atom is -0.372 e. The van der Waals surface area contributed by atoms with E-state index in [9.17, 15) is 9.18 Å². The molecule has 6 nitrogen and oxygen atoms in total. The zero-order valence-corrected chi connectivity index (χ0v) is 19.4. The lowest BCUT2D eigenvalue weighted by Crippen LogP contribution is -2.34. The van der Waals surface area contributed by atoms with E-state index < -0.39 is 0 Å². The van der Waals surface area contributed by atoms with Crippen molar-refractivity contribution in [3.8, 4) is 11.1 Å². The van der Waals surface area contributed by atoms with Crippen LogP contribution >= 0.6 is 0 Å². The summed E-state index contributed by atoms with van der Waals surface area (Å²) in [4.78, 5) is 28.3. The molecule has 1 unspecified atom stereocenters. The van der Waals surface area contributed by atoms with E-state index in [0.717, 1.165) is 29.7 Å². The van der Waals surface area contributed by atoms with E-state index in [1.165, 1.54) is 6.07 Å². The summed E-state index contributed by atoms with van der Waals surface area (Å²) in [5, 5.41) is 0. The molecule has 33 heavy (non-hydrogen) atoms. The van der Waals surface area contributed by atoms with Crippen molar-refractivity contribution in [3.63, 3.8) is 0 Å². The largest absolute Gasteiger partial charge is 0.372 e. The van der Waals surface area contributed by atoms with Gasteiger partial charge in [0.15, 0.2) is 0 Å². The lowest BCUT2D eigenvalue weighted by molar-refractivity contribution is -0.132. The van der Waals surface area contributed by atoms with E-state index in [4.69, 9.17) is 4.98 Å². The number of carbonyl (C=O) groups is 1. The predicted molar refractivity (Wildman–Crippen MR) is 130 cm³/mol. The molecule has 4 rings (SSSR count). The van der Waals surface area contributed by atoms with Crippen molar-refractivity contribution in [1.82, 2.24) is 14.9 Å². The highest BCUT2D eigenvalue weighted by atomic mass is 19.1. The van der Waals surface area contributed by atoms with Crippen LogP contribution in [0, 0.1) is 5.82 Å². The fourth-order valence-electron chi connectivity index (χ4n) is 4.33. The third-order valence-corrected chi connectivity index (χ3v) is 6.10. The molecule has 2 aromatic carbocycles. The summed E-state index contributed by atoms with van der Waals surface area (Å²) in [6, 6.07) is 16.6. The molecule has 2 heterocycles. The second kappa shape index (κ2) is 9.98. The van der Waals surface area contributed by atoms with Gasteiger partial charge in [-0.1, -0.05) is 42.5 Å². The second-order valence-corrected chi connectivity index (χ2v) is 8.60. The first-order chi connectivity index (χ1) is 16.0. The molecule has 172 valence electrons. The van der Waals surface area contributed by atoms with Crippen molar-refractivity contribution in [2.45, 2.75) is 25.3 Å². The maximum atomic E-state index is 14.1. The highest BCUT2D eigenvalue weighted by molar-refractivity contribution is 5.78. The minimum absolute atomic E-state index is 0.0599. The van der Waals surface area contributed by atoms with E-state index >= 15 is 0 Å². The Balaban J connectivity index is 1.57. The molecule has 1 amide bonds. The Morgan fingerprint density at radius 2 is 1.82 bits per heavy atom. The van der Waals surface area contributed by atoms with Crippen LogP contribution < -0.4 is 9.80 Å². The SMILES string of the molecule is CN(C)c1ncc(-c2ccccc2)c(C2CCCN2C(=O)CCN(C)c2ccccc2F)n1. The van der Waals surface area contributed by atoms with Crippen LogP contribution in [0.1, 0.15) is 31.0 Å². The summed E-state index contributed by atoms with van der Waals surface area (Å²) >= 11 is 0. The summed E-state index contributed by atoms with van der Waals surface area (Å²) in [7, 11) is 5.64. The van der Waals surface area contributed by atoms with E-state index in [-0.39, 0.29) is 17.8 Å². The van der Waals surface area contributed by atoms with E-state index in [1.54, 1.807) is 23.1 Å². The Morgan fingerprint density at radius 1 is 1.09 bits per heavy atom. The molecule has 0 radical (unpaired) electrons. The number of benzene rings is 2. The Hall–Kier alpha value is -3.48. The van der Waals surface area contributed by atoms with Crippen LogP contribution in [0.2, 0.25) is 0 Å². The van der Waals surface area contributed by atoms with Gasteiger partial charge in [-0.2, -0.15) is 0 Å². The van der Waals surface area contributed by atoms with Crippen molar-refractivity contribution in [3.05, 3.63) is 72.3 Å². The first-order valence-corrected chi connectivity index (χ1v) is 11.3. The van der Waals surface area contributed by atoms with E-state index in [1.807, 2.05) is 67.5 Å². The van der Waals surface area contributed by atoms with Gasteiger partial charge >= 0.3 is 0 Å². The van der Waals surface area contributed by atoms with Gasteiger partial charge in [-0.05, 0) is 30.5 Å². The lowest BCUT2D eigenvalue weighted by Gasteiger charge is -2.28. The number of aromatic nitrogens is 2. The van der Waals surface area contributed by atoms with E-state index in [0.29, 0.717) is 31.1 Å². The number of likely N-dealkylation sites (tertiary alicyclic amines) is 1. The van der Waals surface area contributed by atoms with Gasteiger partial charge in [0, 0.05) is 52.4 Å². The van der Waals surface area contributed by atoms with Crippen LogP contribution in [-0.2, 0) is 4.79 Å². The Labute approximate surface area is 194 Å².